The van der Waals surface area contributed by atoms with Crippen LogP contribution in [0, 0.1) is 0 Å². The van der Waals surface area contributed by atoms with E-state index in [-0.39, 0.29) is 18.3 Å². The Morgan fingerprint density at radius 3 is 3.00 bits per heavy atom. The molecule has 2 N–H and O–H groups in total. The minimum atomic E-state index is -0.962. The van der Waals surface area contributed by atoms with Gasteiger partial charge in [0.1, 0.15) is 17.6 Å². The lowest BCUT2D eigenvalue weighted by Gasteiger charge is -2.06. The number of fused-ring (bicyclic) bond motifs is 1. The number of phenolic OH excluding ortho intramolecular Hbond substituents is 1. The smallest absolute Gasteiger partial charge is 0.307 e. The molecule has 80 valence electrons. The van der Waals surface area contributed by atoms with Gasteiger partial charge in [-0.2, -0.15) is 0 Å². The summed E-state index contributed by atoms with van der Waals surface area (Å²) in [6.45, 7) is 1.94. The molecule has 4 nitrogen and oxygen atoms in total. The van der Waals surface area contributed by atoms with Gasteiger partial charge < -0.3 is 14.9 Å². The molecule has 0 saturated heterocycles. The molecule has 1 aliphatic heterocycles. The molecule has 1 atom stereocenters. The average Bonchev–Trinajstić information content (AvgIpc) is 2.44. The molecule has 1 aliphatic rings. The van der Waals surface area contributed by atoms with Gasteiger partial charge >= 0.3 is 5.97 Å². The fourth-order valence-corrected chi connectivity index (χ4v) is 1.80. The summed E-state index contributed by atoms with van der Waals surface area (Å²) in [6, 6.07) is 3.21. The lowest BCUT2D eigenvalue weighted by Crippen LogP contribution is -2.05. The molecule has 0 aromatic heterocycles. The zero-order chi connectivity index (χ0) is 11.0. The summed E-state index contributed by atoms with van der Waals surface area (Å²) in [5.41, 5.74) is 1.34. The Kier molecular flexibility index (Phi) is 2.26. The van der Waals surface area contributed by atoms with Crippen molar-refractivity contribution in [3.8, 4) is 11.5 Å². The Morgan fingerprint density at radius 1 is 1.60 bits per heavy atom. The highest BCUT2D eigenvalue weighted by Crippen LogP contribution is 2.34. The zero-order valence-corrected chi connectivity index (χ0v) is 8.36. The van der Waals surface area contributed by atoms with Gasteiger partial charge in [-0.05, 0) is 19.1 Å². The second-order valence-electron chi connectivity index (χ2n) is 3.79. The number of rotatable bonds is 2. The van der Waals surface area contributed by atoms with E-state index in [1.54, 1.807) is 12.1 Å². The molecule has 0 amide bonds. The van der Waals surface area contributed by atoms with Crippen LogP contribution in [-0.2, 0) is 17.6 Å². The molecule has 1 unspecified atom stereocenters. The molecule has 0 bridgehead atoms. The third-order valence-corrected chi connectivity index (χ3v) is 2.44. The fourth-order valence-electron chi connectivity index (χ4n) is 1.80. The van der Waals surface area contributed by atoms with Crippen LogP contribution in [0.4, 0.5) is 0 Å². The number of phenols is 1. The monoisotopic (exact) mass is 208 g/mol. The van der Waals surface area contributed by atoms with Gasteiger partial charge in [-0.3, -0.25) is 4.79 Å². The number of hydrogen-bond donors (Lipinski definition) is 2. The molecule has 0 fully saturated rings. The molecular formula is C11H12O4. The first-order valence-corrected chi connectivity index (χ1v) is 4.79. The van der Waals surface area contributed by atoms with Crippen molar-refractivity contribution in [2.24, 2.45) is 0 Å². The van der Waals surface area contributed by atoms with Gasteiger partial charge in [0.05, 0.1) is 6.42 Å². The minimum absolute atomic E-state index is 0.0360. The highest BCUT2D eigenvalue weighted by Gasteiger charge is 2.21. The van der Waals surface area contributed by atoms with Gasteiger partial charge in [-0.25, -0.2) is 0 Å². The molecule has 0 radical (unpaired) electrons. The van der Waals surface area contributed by atoms with Crippen LogP contribution >= 0.6 is 0 Å². The van der Waals surface area contributed by atoms with Crippen LogP contribution < -0.4 is 4.74 Å². The van der Waals surface area contributed by atoms with Crippen molar-refractivity contribution in [2.45, 2.75) is 25.9 Å². The van der Waals surface area contributed by atoms with Crippen LogP contribution in [-0.4, -0.2) is 22.3 Å². The first-order chi connectivity index (χ1) is 7.06. The summed E-state index contributed by atoms with van der Waals surface area (Å²) in [5, 5.41) is 18.2. The first kappa shape index (κ1) is 9.83. The van der Waals surface area contributed by atoms with Crippen LogP contribution in [0.2, 0.25) is 0 Å². The van der Waals surface area contributed by atoms with Gasteiger partial charge in [0.2, 0.25) is 0 Å². The molecule has 1 aromatic rings. The predicted octanol–water partition coefficient (Wildman–Crippen LogP) is 1.34. The topological polar surface area (TPSA) is 66.8 Å². The summed E-state index contributed by atoms with van der Waals surface area (Å²) in [7, 11) is 0. The fraction of sp³-hybridized carbons (Fsp3) is 0.364. The summed E-state index contributed by atoms with van der Waals surface area (Å²) in [6.07, 6.45) is 0.673. The van der Waals surface area contributed by atoms with Crippen molar-refractivity contribution < 1.29 is 19.7 Å². The number of benzene rings is 1. The number of aliphatic carboxylic acids is 1. The largest absolute Gasteiger partial charge is 0.508 e. The highest BCUT2D eigenvalue weighted by atomic mass is 16.5. The maximum atomic E-state index is 10.5. The van der Waals surface area contributed by atoms with Crippen molar-refractivity contribution in [2.75, 3.05) is 0 Å². The lowest BCUT2D eigenvalue weighted by atomic mass is 10.0. The molecule has 0 spiro atoms. The number of ether oxygens (including phenoxy) is 1. The van der Waals surface area contributed by atoms with Crippen LogP contribution in [0.25, 0.3) is 0 Å². The van der Waals surface area contributed by atoms with Gasteiger partial charge in [0.15, 0.2) is 0 Å². The number of hydrogen-bond acceptors (Lipinski definition) is 3. The van der Waals surface area contributed by atoms with Crippen LogP contribution in [0.3, 0.4) is 0 Å². The third kappa shape index (κ3) is 1.88. The summed E-state index contributed by atoms with van der Waals surface area (Å²) < 4.78 is 5.48. The number of carbonyl (C=O) groups is 1. The van der Waals surface area contributed by atoms with Gasteiger partial charge in [0.25, 0.3) is 0 Å². The summed E-state index contributed by atoms with van der Waals surface area (Å²) in [4.78, 5) is 10.5. The normalized spacial score (nSPS) is 18.3. The van der Waals surface area contributed by atoms with E-state index in [2.05, 4.69) is 0 Å². The van der Waals surface area contributed by atoms with E-state index in [9.17, 15) is 9.90 Å². The average molecular weight is 208 g/mol. The van der Waals surface area contributed by atoms with Crippen molar-refractivity contribution in [1.29, 1.82) is 0 Å². The Balaban J connectivity index is 2.35. The minimum Gasteiger partial charge on any atom is -0.508 e. The standard InChI is InChI=1S/C11H12O4/c1-6-2-8-3-9(12)7(5-11(13)14)4-10(8)15-6/h3-4,6,12H,2,5H2,1H3,(H,13,14). The summed E-state index contributed by atoms with van der Waals surface area (Å²) in [5.74, 6) is -0.235. The van der Waals surface area contributed by atoms with E-state index in [4.69, 9.17) is 9.84 Å². The molecule has 0 aliphatic carbocycles. The lowest BCUT2D eigenvalue weighted by molar-refractivity contribution is -0.136. The number of aromatic hydroxyl groups is 1. The maximum Gasteiger partial charge on any atom is 0.307 e. The predicted molar refractivity (Wildman–Crippen MR) is 53.2 cm³/mol. The first-order valence-electron chi connectivity index (χ1n) is 4.79. The maximum absolute atomic E-state index is 10.5. The van der Waals surface area contributed by atoms with Crippen LogP contribution in [0.5, 0.6) is 11.5 Å². The van der Waals surface area contributed by atoms with E-state index in [0.29, 0.717) is 11.3 Å². The zero-order valence-electron chi connectivity index (χ0n) is 8.36. The molecule has 2 rings (SSSR count). The third-order valence-electron chi connectivity index (χ3n) is 2.44. The van der Waals surface area contributed by atoms with Gasteiger partial charge in [0, 0.05) is 17.5 Å². The molecule has 15 heavy (non-hydrogen) atoms. The molecular weight excluding hydrogens is 196 g/mol. The second-order valence-corrected chi connectivity index (χ2v) is 3.79. The van der Waals surface area contributed by atoms with E-state index in [1.165, 1.54) is 0 Å². The Hall–Kier alpha value is -1.71. The van der Waals surface area contributed by atoms with E-state index in [1.807, 2.05) is 6.92 Å². The molecule has 1 aromatic carbocycles. The highest BCUT2D eigenvalue weighted by molar-refractivity contribution is 5.72. The SMILES string of the molecule is CC1Cc2cc(O)c(CC(=O)O)cc2O1. The Labute approximate surface area is 87.1 Å². The van der Waals surface area contributed by atoms with Gasteiger partial charge in [-0.1, -0.05) is 0 Å². The van der Waals surface area contributed by atoms with Crippen LogP contribution in [0.15, 0.2) is 12.1 Å². The Bertz CT molecular complexity index is 411. The number of carboxylic acids is 1. The summed E-state index contributed by atoms with van der Waals surface area (Å²) >= 11 is 0. The van der Waals surface area contributed by atoms with E-state index >= 15 is 0 Å². The van der Waals surface area contributed by atoms with Gasteiger partial charge in [-0.15, -0.1) is 0 Å². The van der Waals surface area contributed by atoms with Crippen LogP contribution in [0.1, 0.15) is 18.1 Å². The second kappa shape index (κ2) is 3.46. The van der Waals surface area contributed by atoms with E-state index in [0.717, 1.165) is 12.0 Å². The van der Waals surface area contributed by atoms with Crippen molar-refractivity contribution >= 4 is 5.97 Å². The molecule has 4 heteroatoms. The Morgan fingerprint density at radius 2 is 2.33 bits per heavy atom. The quantitative estimate of drug-likeness (QED) is 0.769. The van der Waals surface area contributed by atoms with Crippen molar-refractivity contribution in [3.63, 3.8) is 0 Å². The molecule has 1 heterocycles. The van der Waals surface area contributed by atoms with Crippen molar-refractivity contribution in [3.05, 3.63) is 23.3 Å². The number of carboxylic acid groups (broad SMARTS) is 1. The van der Waals surface area contributed by atoms with E-state index < -0.39 is 5.97 Å². The van der Waals surface area contributed by atoms with Crippen molar-refractivity contribution in [1.82, 2.24) is 0 Å². The molecule has 0 saturated carbocycles.